The molecule has 1 rings (SSSR count). The fourth-order valence-electron chi connectivity index (χ4n) is 1.72. The summed E-state index contributed by atoms with van der Waals surface area (Å²) >= 11 is 0. The van der Waals surface area contributed by atoms with Crippen molar-refractivity contribution in [1.29, 1.82) is 0 Å². The van der Waals surface area contributed by atoms with Gasteiger partial charge < -0.3 is 10.5 Å². The summed E-state index contributed by atoms with van der Waals surface area (Å²) in [6, 6.07) is 7.31. The summed E-state index contributed by atoms with van der Waals surface area (Å²) in [5.41, 5.74) is 6.33. The lowest BCUT2D eigenvalue weighted by molar-refractivity contribution is -0.120. The maximum atomic E-state index is 11.5. The van der Waals surface area contributed by atoms with Gasteiger partial charge in [-0.15, -0.1) is 0 Å². The second-order valence-electron chi connectivity index (χ2n) is 4.73. The summed E-state index contributed by atoms with van der Waals surface area (Å²) in [5, 5.41) is 3.23. The van der Waals surface area contributed by atoms with E-state index in [2.05, 4.69) is 19.2 Å². The standard InChI is InChI=1S/C15H24N2O2/c1-4-10-19-13-8-6-12(7-9-13)14(15(16)18)17-11(3)5-2/h6-9,11,14,17H,4-5,10H2,1-3H3,(H2,16,18). The quantitative estimate of drug-likeness (QED) is 0.757. The zero-order valence-corrected chi connectivity index (χ0v) is 12.0. The number of amides is 1. The van der Waals surface area contributed by atoms with Gasteiger partial charge in [0.1, 0.15) is 11.8 Å². The van der Waals surface area contributed by atoms with E-state index in [-0.39, 0.29) is 11.9 Å². The van der Waals surface area contributed by atoms with Gasteiger partial charge >= 0.3 is 0 Å². The normalized spacial score (nSPS) is 13.8. The number of carbonyl (C=O) groups is 1. The molecule has 4 heteroatoms. The van der Waals surface area contributed by atoms with Gasteiger partial charge in [-0.2, -0.15) is 0 Å². The van der Waals surface area contributed by atoms with Gasteiger partial charge in [0.25, 0.3) is 0 Å². The molecule has 19 heavy (non-hydrogen) atoms. The van der Waals surface area contributed by atoms with E-state index >= 15 is 0 Å². The Balaban J connectivity index is 2.76. The van der Waals surface area contributed by atoms with Crippen LogP contribution in [0.5, 0.6) is 5.75 Å². The number of carbonyl (C=O) groups excluding carboxylic acids is 1. The first-order valence-corrected chi connectivity index (χ1v) is 6.86. The predicted octanol–water partition coefficient (Wildman–Crippen LogP) is 2.39. The molecule has 0 spiro atoms. The third kappa shape index (κ3) is 4.91. The molecular formula is C15H24N2O2. The molecule has 0 aliphatic carbocycles. The zero-order chi connectivity index (χ0) is 14.3. The molecule has 2 unspecified atom stereocenters. The van der Waals surface area contributed by atoms with E-state index in [0.29, 0.717) is 6.61 Å². The van der Waals surface area contributed by atoms with Gasteiger partial charge in [-0.25, -0.2) is 0 Å². The molecule has 4 nitrogen and oxygen atoms in total. The van der Waals surface area contributed by atoms with E-state index in [1.54, 1.807) is 0 Å². The molecular weight excluding hydrogens is 240 g/mol. The van der Waals surface area contributed by atoms with Crippen molar-refractivity contribution >= 4 is 5.91 Å². The Hall–Kier alpha value is -1.55. The highest BCUT2D eigenvalue weighted by molar-refractivity contribution is 5.81. The molecule has 0 bridgehead atoms. The van der Waals surface area contributed by atoms with Crippen LogP contribution >= 0.6 is 0 Å². The van der Waals surface area contributed by atoms with Crippen LogP contribution in [-0.2, 0) is 4.79 Å². The first kappa shape index (κ1) is 15.5. The van der Waals surface area contributed by atoms with Crippen LogP contribution in [0.3, 0.4) is 0 Å². The van der Waals surface area contributed by atoms with Crippen molar-refractivity contribution < 1.29 is 9.53 Å². The topological polar surface area (TPSA) is 64.3 Å². The van der Waals surface area contributed by atoms with Gasteiger partial charge in [-0.3, -0.25) is 10.1 Å². The van der Waals surface area contributed by atoms with Crippen LogP contribution in [0.15, 0.2) is 24.3 Å². The molecule has 0 aromatic heterocycles. The van der Waals surface area contributed by atoms with Crippen LogP contribution < -0.4 is 15.8 Å². The molecule has 1 amide bonds. The van der Waals surface area contributed by atoms with Crippen LogP contribution in [-0.4, -0.2) is 18.6 Å². The van der Waals surface area contributed by atoms with Gasteiger partial charge in [0.05, 0.1) is 6.61 Å². The Morgan fingerprint density at radius 2 is 1.95 bits per heavy atom. The van der Waals surface area contributed by atoms with Gasteiger partial charge in [-0.1, -0.05) is 26.0 Å². The molecule has 2 atom stereocenters. The van der Waals surface area contributed by atoms with Crippen molar-refractivity contribution in [2.45, 2.75) is 45.7 Å². The third-order valence-electron chi connectivity index (χ3n) is 3.03. The van der Waals surface area contributed by atoms with E-state index in [1.807, 2.05) is 31.2 Å². The van der Waals surface area contributed by atoms with Crippen molar-refractivity contribution in [2.24, 2.45) is 5.73 Å². The van der Waals surface area contributed by atoms with Crippen LogP contribution in [0.2, 0.25) is 0 Å². The minimum absolute atomic E-state index is 0.244. The molecule has 0 aliphatic rings. The van der Waals surface area contributed by atoms with Crippen molar-refractivity contribution in [3.05, 3.63) is 29.8 Å². The minimum Gasteiger partial charge on any atom is -0.494 e. The van der Waals surface area contributed by atoms with Crippen molar-refractivity contribution in [1.82, 2.24) is 5.32 Å². The Kier molecular flexibility index (Phi) is 6.36. The molecule has 0 saturated carbocycles. The van der Waals surface area contributed by atoms with E-state index in [9.17, 15) is 4.79 Å². The van der Waals surface area contributed by atoms with Gasteiger partial charge in [0, 0.05) is 6.04 Å². The van der Waals surface area contributed by atoms with E-state index < -0.39 is 6.04 Å². The molecule has 0 fully saturated rings. The molecule has 106 valence electrons. The molecule has 0 aliphatic heterocycles. The summed E-state index contributed by atoms with van der Waals surface area (Å²) in [5.74, 6) is 0.458. The first-order valence-electron chi connectivity index (χ1n) is 6.86. The number of hydrogen-bond donors (Lipinski definition) is 2. The average molecular weight is 264 g/mol. The molecule has 1 aromatic rings. The van der Waals surface area contributed by atoms with E-state index in [4.69, 9.17) is 10.5 Å². The fourth-order valence-corrected chi connectivity index (χ4v) is 1.72. The number of nitrogens with one attached hydrogen (secondary N) is 1. The summed E-state index contributed by atoms with van der Waals surface area (Å²) < 4.78 is 5.52. The largest absolute Gasteiger partial charge is 0.494 e. The minimum atomic E-state index is -0.449. The molecule has 3 N–H and O–H groups in total. The first-order chi connectivity index (χ1) is 9.08. The maximum absolute atomic E-state index is 11.5. The highest BCUT2D eigenvalue weighted by atomic mass is 16.5. The number of primary amides is 1. The summed E-state index contributed by atoms with van der Waals surface area (Å²) in [6.07, 6.45) is 1.92. The Labute approximate surface area is 115 Å². The van der Waals surface area contributed by atoms with Crippen LogP contribution in [0.25, 0.3) is 0 Å². The highest BCUT2D eigenvalue weighted by Crippen LogP contribution is 2.18. The number of nitrogens with two attached hydrogens (primary N) is 1. The Bertz CT molecular complexity index is 390. The fraction of sp³-hybridized carbons (Fsp3) is 0.533. The highest BCUT2D eigenvalue weighted by Gasteiger charge is 2.19. The number of rotatable bonds is 8. The van der Waals surface area contributed by atoms with Gasteiger partial charge in [0.2, 0.25) is 5.91 Å². The lowest BCUT2D eigenvalue weighted by Crippen LogP contribution is -2.38. The second kappa shape index (κ2) is 7.79. The van der Waals surface area contributed by atoms with E-state index in [1.165, 1.54) is 0 Å². The number of ether oxygens (including phenoxy) is 1. The molecule has 0 radical (unpaired) electrons. The molecule has 0 saturated heterocycles. The van der Waals surface area contributed by atoms with Crippen molar-refractivity contribution in [3.63, 3.8) is 0 Å². The van der Waals surface area contributed by atoms with Crippen LogP contribution in [0.4, 0.5) is 0 Å². The summed E-state index contributed by atoms with van der Waals surface area (Å²) in [6.45, 7) is 6.86. The molecule has 1 aromatic carbocycles. The average Bonchev–Trinajstić information content (AvgIpc) is 2.42. The number of benzene rings is 1. The maximum Gasteiger partial charge on any atom is 0.239 e. The second-order valence-corrected chi connectivity index (χ2v) is 4.73. The predicted molar refractivity (Wildman–Crippen MR) is 77.1 cm³/mol. The monoisotopic (exact) mass is 264 g/mol. The lowest BCUT2D eigenvalue weighted by Gasteiger charge is -2.20. The van der Waals surface area contributed by atoms with E-state index in [0.717, 1.165) is 24.2 Å². The number of hydrogen-bond acceptors (Lipinski definition) is 3. The van der Waals surface area contributed by atoms with Crippen LogP contribution in [0, 0.1) is 0 Å². The van der Waals surface area contributed by atoms with Gasteiger partial charge in [-0.05, 0) is 37.5 Å². The molecule has 0 heterocycles. The SMILES string of the molecule is CCCOc1ccc(C(NC(C)CC)C(N)=O)cc1. The van der Waals surface area contributed by atoms with Gasteiger partial charge in [0.15, 0.2) is 0 Å². The Morgan fingerprint density at radius 3 is 2.42 bits per heavy atom. The summed E-state index contributed by atoms with van der Waals surface area (Å²) in [4.78, 5) is 11.5. The Morgan fingerprint density at radius 1 is 1.32 bits per heavy atom. The summed E-state index contributed by atoms with van der Waals surface area (Å²) in [7, 11) is 0. The van der Waals surface area contributed by atoms with Crippen LogP contribution in [0.1, 0.15) is 45.2 Å². The smallest absolute Gasteiger partial charge is 0.239 e. The van der Waals surface area contributed by atoms with Crippen molar-refractivity contribution in [2.75, 3.05) is 6.61 Å². The zero-order valence-electron chi connectivity index (χ0n) is 12.0. The van der Waals surface area contributed by atoms with Crippen molar-refractivity contribution in [3.8, 4) is 5.75 Å². The lowest BCUT2D eigenvalue weighted by atomic mass is 10.0. The third-order valence-corrected chi connectivity index (χ3v) is 3.03.